The molecule has 0 aliphatic heterocycles. The van der Waals surface area contributed by atoms with Gasteiger partial charge in [-0.05, 0) is 18.1 Å². The minimum absolute atomic E-state index is 0.00236. The zero-order valence-electron chi connectivity index (χ0n) is 7.65. The number of hydrogen-bond donors (Lipinski definition) is 1. The molecule has 0 saturated carbocycles. The SMILES string of the molecule is CCc1cccc2onc(C(=O)O)c12. The molecule has 4 nitrogen and oxygen atoms in total. The molecule has 0 saturated heterocycles. The summed E-state index contributed by atoms with van der Waals surface area (Å²) in [5, 5.41) is 13.0. The van der Waals surface area contributed by atoms with Gasteiger partial charge < -0.3 is 9.63 Å². The first-order valence-electron chi connectivity index (χ1n) is 4.34. The van der Waals surface area contributed by atoms with E-state index in [4.69, 9.17) is 9.63 Å². The number of aryl methyl sites for hydroxylation is 1. The molecule has 2 aromatic rings. The zero-order valence-corrected chi connectivity index (χ0v) is 7.65. The van der Waals surface area contributed by atoms with Gasteiger partial charge in [-0.2, -0.15) is 0 Å². The van der Waals surface area contributed by atoms with Crippen molar-refractivity contribution in [3.63, 3.8) is 0 Å². The van der Waals surface area contributed by atoms with E-state index in [0.29, 0.717) is 11.0 Å². The number of rotatable bonds is 2. The van der Waals surface area contributed by atoms with Crippen LogP contribution in [0.1, 0.15) is 23.0 Å². The molecular weight excluding hydrogens is 182 g/mol. The highest BCUT2D eigenvalue weighted by Crippen LogP contribution is 2.22. The first-order valence-corrected chi connectivity index (χ1v) is 4.34. The maximum absolute atomic E-state index is 10.8. The van der Waals surface area contributed by atoms with Gasteiger partial charge >= 0.3 is 5.97 Å². The van der Waals surface area contributed by atoms with Crippen LogP contribution in [0.2, 0.25) is 0 Å². The van der Waals surface area contributed by atoms with Gasteiger partial charge in [0.15, 0.2) is 11.3 Å². The number of benzene rings is 1. The maximum Gasteiger partial charge on any atom is 0.358 e. The summed E-state index contributed by atoms with van der Waals surface area (Å²) < 4.78 is 4.92. The summed E-state index contributed by atoms with van der Waals surface area (Å²) in [6, 6.07) is 5.43. The molecular formula is C10H9NO3. The molecule has 1 aromatic heterocycles. The van der Waals surface area contributed by atoms with Crippen molar-refractivity contribution in [1.82, 2.24) is 5.16 Å². The number of hydrogen-bond acceptors (Lipinski definition) is 3. The van der Waals surface area contributed by atoms with E-state index in [9.17, 15) is 4.79 Å². The topological polar surface area (TPSA) is 63.3 Å². The lowest BCUT2D eigenvalue weighted by atomic mass is 10.1. The molecule has 0 aliphatic carbocycles. The molecule has 0 fully saturated rings. The molecule has 1 aromatic carbocycles. The van der Waals surface area contributed by atoms with Crippen molar-refractivity contribution in [2.45, 2.75) is 13.3 Å². The molecule has 14 heavy (non-hydrogen) atoms. The average molecular weight is 191 g/mol. The van der Waals surface area contributed by atoms with E-state index in [1.54, 1.807) is 6.07 Å². The van der Waals surface area contributed by atoms with E-state index in [-0.39, 0.29) is 5.69 Å². The van der Waals surface area contributed by atoms with Crippen LogP contribution in [-0.2, 0) is 6.42 Å². The maximum atomic E-state index is 10.8. The highest BCUT2D eigenvalue weighted by atomic mass is 16.5. The lowest BCUT2D eigenvalue weighted by molar-refractivity contribution is 0.0688. The van der Waals surface area contributed by atoms with Crippen molar-refractivity contribution in [3.05, 3.63) is 29.5 Å². The lowest BCUT2D eigenvalue weighted by Crippen LogP contribution is -1.98. The molecule has 1 heterocycles. The first kappa shape index (κ1) is 8.74. The number of fused-ring (bicyclic) bond motifs is 1. The Morgan fingerprint density at radius 2 is 2.36 bits per heavy atom. The Hall–Kier alpha value is -1.84. The van der Waals surface area contributed by atoms with E-state index in [1.165, 1.54) is 0 Å². The molecule has 0 radical (unpaired) electrons. The lowest BCUT2D eigenvalue weighted by Gasteiger charge is -1.96. The smallest absolute Gasteiger partial charge is 0.358 e. The highest BCUT2D eigenvalue weighted by molar-refractivity contribution is 6.01. The monoisotopic (exact) mass is 191 g/mol. The molecule has 0 aliphatic rings. The third-order valence-corrected chi connectivity index (χ3v) is 2.17. The standard InChI is InChI=1S/C10H9NO3/c1-2-6-4-3-5-7-8(6)9(10(12)13)11-14-7/h3-5H,2H2,1H3,(H,12,13). The molecule has 0 atom stereocenters. The molecule has 2 rings (SSSR count). The minimum Gasteiger partial charge on any atom is -0.476 e. The Kier molecular flexibility index (Phi) is 1.96. The third-order valence-electron chi connectivity index (χ3n) is 2.17. The molecule has 0 bridgehead atoms. The number of aromatic nitrogens is 1. The number of nitrogens with zero attached hydrogens (tertiary/aromatic N) is 1. The van der Waals surface area contributed by atoms with E-state index in [2.05, 4.69) is 5.16 Å². The normalized spacial score (nSPS) is 10.6. The summed E-state index contributed by atoms with van der Waals surface area (Å²) in [5.41, 5.74) is 1.47. The first-order chi connectivity index (χ1) is 6.74. The van der Waals surface area contributed by atoms with Gasteiger partial charge in [0.05, 0.1) is 5.39 Å². The summed E-state index contributed by atoms with van der Waals surface area (Å²) in [6.07, 6.45) is 0.763. The van der Waals surface area contributed by atoms with Gasteiger partial charge in [0.1, 0.15) is 0 Å². The van der Waals surface area contributed by atoms with Crippen molar-refractivity contribution in [2.75, 3.05) is 0 Å². The molecule has 0 amide bonds. The molecule has 1 N–H and O–H groups in total. The Morgan fingerprint density at radius 3 is 3.00 bits per heavy atom. The Labute approximate surface area is 80.1 Å². The number of carboxylic acids is 1. The van der Waals surface area contributed by atoms with E-state index in [1.807, 2.05) is 19.1 Å². The van der Waals surface area contributed by atoms with Gasteiger partial charge in [0, 0.05) is 0 Å². The van der Waals surface area contributed by atoms with Crippen LogP contribution in [0.15, 0.2) is 22.7 Å². The Morgan fingerprint density at radius 1 is 1.57 bits per heavy atom. The molecule has 0 spiro atoms. The Balaban J connectivity index is 2.81. The van der Waals surface area contributed by atoms with Crippen molar-refractivity contribution in [2.24, 2.45) is 0 Å². The largest absolute Gasteiger partial charge is 0.476 e. The summed E-state index contributed by atoms with van der Waals surface area (Å²) >= 11 is 0. The second kappa shape index (κ2) is 3.14. The summed E-state index contributed by atoms with van der Waals surface area (Å²) in [6.45, 7) is 1.97. The predicted octanol–water partition coefficient (Wildman–Crippen LogP) is 2.09. The highest BCUT2D eigenvalue weighted by Gasteiger charge is 2.16. The van der Waals surface area contributed by atoms with Crippen LogP contribution in [0.25, 0.3) is 11.0 Å². The predicted molar refractivity (Wildman–Crippen MR) is 50.3 cm³/mol. The number of carboxylic acid groups (broad SMARTS) is 1. The fourth-order valence-corrected chi connectivity index (χ4v) is 1.50. The second-order valence-electron chi connectivity index (χ2n) is 2.98. The molecule has 4 heteroatoms. The van der Waals surface area contributed by atoms with Crippen molar-refractivity contribution >= 4 is 16.9 Å². The average Bonchev–Trinajstić information content (AvgIpc) is 2.60. The van der Waals surface area contributed by atoms with Gasteiger partial charge in [0.2, 0.25) is 0 Å². The van der Waals surface area contributed by atoms with Gasteiger partial charge in [0.25, 0.3) is 0 Å². The van der Waals surface area contributed by atoms with Crippen LogP contribution in [0.3, 0.4) is 0 Å². The van der Waals surface area contributed by atoms with Crippen LogP contribution >= 0.6 is 0 Å². The van der Waals surface area contributed by atoms with E-state index in [0.717, 1.165) is 12.0 Å². The molecule has 72 valence electrons. The van der Waals surface area contributed by atoms with Gasteiger partial charge in [-0.3, -0.25) is 0 Å². The third kappa shape index (κ3) is 1.16. The summed E-state index contributed by atoms with van der Waals surface area (Å²) in [7, 11) is 0. The summed E-state index contributed by atoms with van der Waals surface area (Å²) in [4.78, 5) is 10.8. The number of carbonyl (C=O) groups is 1. The van der Waals surface area contributed by atoms with Gasteiger partial charge in [-0.25, -0.2) is 4.79 Å². The quantitative estimate of drug-likeness (QED) is 0.789. The van der Waals surface area contributed by atoms with E-state index >= 15 is 0 Å². The van der Waals surface area contributed by atoms with Crippen LogP contribution in [0, 0.1) is 0 Å². The zero-order chi connectivity index (χ0) is 10.1. The van der Waals surface area contributed by atoms with Crippen molar-refractivity contribution in [3.8, 4) is 0 Å². The van der Waals surface area contributed by atoms with Gasteiger partial charge in [-0.1, -0.05) is 24.2 Å². The second-order valence-corrected chi connectivity index (χ2v) is 2.98. The number of aromatic carboxylic acids is 1. The minimum atomic E-state index is -1.05. The van der Waals surface area contributed by atoms with Crippen LogP contribution in [0.4, 0.5) is 0 Å². The van der Waals surface area contributed by atoms with E-state index < -0.39 is 5.97 Å². The van der Waals surface area contributed by atoms with Gasteiger partial charge in [-0.15, -0.1) is 0 Å². The van der Waals surface area contributed by atoms with Crippen LogP contribution < -0.4 is 0 Å². The van der Waals surface area contributed by atoms with Crippen LogP contribution in [0.5, 0.6) is 0 Å². The fraction of sp³-hybridized carbons (Fsp3) is 0.200. The van der Waals surface area contributed by atoms with Crippen molar-refractivity contribution < 1.29 is 14.4 Å². The van der Waals surface area contributed by atoms with Crippen LogP contribution in [-0.4, -0.2) is 16.2 Å². The fourth-order valence-electron chi connectivity index (χ4n) is 1.50. The van der Waals surface area contributed by atoms with Crippen molar-refractivity contribution in [1.29, 1.82) is 0 Å². The Bertz CT molecular complexity index is 487. The summed E-state index contributed by atoms with van der Waals surface area (Å²) in [5.74, 6) is -1.05. The molecule has 0 unspecified atom stereocenters.